The van der Waals surface area contributed by atoms with Gasteiger partial charge in [0.1, 0.15) is 19.3 Å². The van der Waals surface area contributed by atoms with Gasteiger partial charge in [-0.25, -0.2) is 0 Å². The molecular weight excluding hydrogens is 516 g/mol. The Morgan fingerprint density at radius 2 is 1.32 bits per heavy atom. The van der Waals surface area contributed by atoms with Crippen LogP contribution in [0, 0.1) is 5.92 Å². The SMILES string of the molecule is CCCCC/C=C\C/C=C\C/C=C\CC1OC1CCCC(=O)OC[C@H](O)COC(=O)CCCCCCCCC(C)C. The Kier molecular flexibility index (Phi) is 23.3. The summed E-state index contributed by atoms with van der Waals surface area (Å²) in [6.45, 7) is 6.44. The van der Waals surface area contributed by atoms with Crippen LogP contribution in [0.5, 0.6) is 0 Å². The van der Waals surface area contributed by atoms with Gasteiger partial charge in [-0.2, -0.15) is 0 Å². The molecule has 1 N–H and O–H groups in total. The molecule has 0 bridgehead atoms. The van der Waals surface area contributed by atoms with E-state index in [2.05, 4.69) is 57.2 Å². The fourth-order valence-electron chi connectivity index (χ4n) is 4.59. The normalized spacial score (nSPS) is 17.7. The summed E-state index contributed by atoms with van der Waals surface area (Å²) in [6, 6.07) is 0. The van der Waals surface area contributed by atoms with Crippen LogP contribution in [-0.2, 0) is 23.8 Å². The second-order valence-electron chi connectivity index (χ2n) is 11.8. The molecule has 3 atom stereocenters. The number of carbonyl (C=O) groups excluding carboxylic acids is 2. The minimum absolute atomic E-state index is 0.140. The van der Waals surface area contributed by atoms with Crippen LogP contribution in [0.3, 0.4) is 0 Å². The standard InChI is InChI=1S/C35H60O6/c1-4-5-6-7-8-9-10-11-12-13-17-20-24-32-33(41-32)25-22-27-35(38)40-29-31(36)28-39-34(37)26-21-18-15-14-16-19-23-30(2)3/h8-9,11-12,17,20,30-33,36H,4-7,10,13-16,18-19,21-29H2,1-3H3/b9-8-,12-11-,20-17-/t31-,32?,33?/m1/s1. The van der Waals surface area contributed by atoms with Gasteiger partial charge in [0, 0.05) is 12.8 Å². The Morgan fingerprint density at radius 1 is 0.732 bits per heavy atom. The zero-order chi connectivity index (χ0) is 30.0. The van der Waals surface area contributed by atoms with Crippen molar-refractivity contribution in [2.24, 2.45) is 5.92 Å². The van der Waals surface area contributed by atoms with Crippen LogP contribution in [0.2, 0.25) is 0 Å². The monoisotopic (exact) mass is 576 g/mol. The van der Waals surface area contributed by atoms with E-state index in [1.165, 1.54) is 51.4 Å². The summed E-state index contributed by atoms with van der Waals surface area (Å²) < 4.78 is 15.9. The third kappa shape index (κ3) is 24.4. The lowest BCUT2D eigenvalue weighted by Gasteiger charge is -2.12. The van der Waals surface area contributed by atoms with Crippen LogP contribution in [0.1, 0.15) is 136 Å². The smallest absolute Gasteiger partial charge is 0.305 e. The first-order chi connectivity index (χ1) is 19.9. The molecule has 1 fully saturated rings. The van der Waals surface area contributed by atoms with Crippen molar-refractivity contribution >= 4 is 11.9 Å². The fraction of sp³-hybridized carbons (Fsp3) is 0.771. The third-order valence-electron chi connectivity index (χ3n) is 7.23. The number of esters is 2. The summed E-state index contributed by atoms with van der Waals surface area (Å²) in [6.07, 6.45) is 30.9. The molecule has 2 unspecified atom stereocenters. The first kappa shape index (κ1) is 37.1. The highest BCUT2D eigenvalue weighted by Crippen LogP contribution is 2.30. The number of aliphatic hydroxyl groups is 1. The number of aliphatic hydroxyl groups excluding tert-OH is 1. The molecule has 0 aliphatic carbocycles. The lowest BCUT2D eigenvalue weighted by Crippen LogP contribution is -2.25. The average molecular weight is 577 g/mol. The highest BCUT2D eigenvalue weighted by molar-refractivity contribution is 5.69. The van der Waals surface area contributed by atoms with Crippen molar-refractivity contribution in [2.75, 3.05) is 13.2 Å². The maximum absolute atomic E-state index is 12.0. The molecule has 0 saturated carbocycles. The van der Waals surface area contributed by atoms with Gasteiger partial charge in [0.2, 0.25) is 0 Å². The van der Waals surface area contributed by atoms with Crippen LogP contribution >= 0.6 is 0 Å². The van der Waals surface area contributed by atoms with E-state index in [1.807, 2.05) is 0 Å². The molecule has 1 aliphatic heterocycles. The summed E-state index contributed by atoms with van der Waals surface area (Å²) in [5.74, 6) is 0.123. The van der Waals surface area contributed by atoms with Crippen molar-refractivity contribution in [3.8, 4) is 0 Å². The molecule has 0 radical (unpaired) electrons. The van der Waals surface area contributed by atoms with E-state index in [1.54, 1.807) is 0 Å². The van der Waals surface area contributed by atoms with Gasteiger partial charge >= 0.3 is 11.9 Å². The maximum Gasteiger partial charge on any atom is 0.305 e. The van der Waals surface area contributed by atoms with Crippen molar-refractivity contribution in [1.29, 1.82) is 0 Å². The molecule has 0 aromatic heterocycles. The molecule has 1 heterocycles. The van der Waals surface area contributed by atoms with Gasteiger partial charge in [0.05, 0.1) is 12.2 Å². The second-order valence-corrected chi connectivity index (χ2v) is 11.8. The zero-order valence-corrected chi connectivity index (χ0v) is 26.4. The van der Waals surface area contributed by atoms with E-state index in [9.17, 15) is 14.7 Å². The lowest BCUT2D eigenvalue weighted by molar-refractivity contribution is -0.152. The quantitative estimate of drug-likeness (QED) is 0.0456. The number of ether oxygens (including phenoxy) is 3. The van der Waals surface area contributed by atoms with Gasteiger partial charge in [-0.05, 0) is 57.3 Å². The van der Waals surface area contributed by atoms with E-state index >= 15 is 0 Å². The van der Waals surface area contributed by atoms with Crippen LogP contribution in [-0.4, -0.2) is 48.6 Å². The molecule has 41 heavy (non-hydrogen) atoms. The van der Waals surface area contributed by atoms with E-state index in [4.69, 9.17) is 14.2 Å². The Bertz CT molecular complexity index is 741. The molecule has 236 valence electrons. The lowest BCUT2D eigenvalue weighted by atomic mass is 10.0. The molecule has 1 saturated heterocycles. The van der Waals surface area contributed by atoms with Crippen molar-refractivity contribution in [2.45, 2.75) is 155 Å². The van der Waals surface area contributed by atoms with Crippen LogP contribution in [0.4, 0.5) is 0 Å². The third-order valence-corrected chi connectivity index (χ3v) is 7.23. The van der Waals surface area contributed by atoms with Gasteiger partial charge in [0.15, 0.2) is 0 Å². The largest absolute Gasteiger partial charge is 0.463 e. The molecule has 0 spiro atoms. The fourth-order valence-corrected chi connectivity index (χ4v) is 4.59. The predicted octanol–water partition coefficient (Wildman–Crippen LogP) is 8.57. The minimum Gasteiger partial charge on any atom is -0.463 e. The second kappa shape index (κ2) is 25.8. The number of carbonyl (C=O) groups is 2. The number of rotatable bonds is 27. The maximum atomic E-state index is 12.0. The highest BCUT2D eigenvalue weighted by atomic mass is 16.6. The molecule has 6 heteroatoms. The van der Waals surface area contributed by atoms with E-state index < -0.39 is 6.10 Å². The number of hydrogen-bond acceptors (Lipinski definition) is 6. The molecule has 1 aliphatic rings. The zero-order valence-electron chi connectivity index (χ0n) is 26.4. The Balaban J connectivity index is 1.93. The van der Waals surface area contributed by atoms with Gasteiger partial charge < -0.3 is 19.3 Å². The Labute approximate surface area is 251 Å². The first-order valence-corrected chi connectivity index (χ1v) is 16.5. The predicted molar refractivity (Wildman–Crippen MR) is 168 cm³/mol. The molecule has 0 amide bonds. The van der Waals surface area contributed by atoms with E-state index in [-0.39, 0.29) is 37.4 Å². The van der Waals surface area contributed by atoms with Crippen LogP contribution in [0.15, 0.2) is 36.5 Å². The molecule has 0 aromatic rings. The average Bonchev–Trinajstić information content (AvgIpc) is 3.70. The van der Waals surface area contributed by atoms with E-state index in [0.29, 0.717) is 19.3 Å². The Hall–Kier alpha value is -1.92. The minimum atomic E-state index is -0.992. The van der Waals surface area contributed by atoms with Crippen molar-refractivity contribution in [3.63, 3.8) is 0 Å². The molecule has 1 rings (SSSR count). The summed E-state index contributed by atoms with van der Waals surface area (Å²) in [5, 5.41) is 9.96. The first-order valence-electron chi connectivity index (χ1n) is 16.5. The number of unbranched alkanes of at least 4 members (excludes halogenated alkanes) is 8. The van der Waals surface area contributed by atoms with Gasteiger partial charge in [0.25, 0.3) is 0 Å². The summed E-state index contributed by atoms with van der Waals surface area (Å²) in [4.78, 5) is 23.8. The van der Waals surface area contributed by atoms with Gasteiger partial charge in [-0.1, -0.05) is 109 Å². The number of hydrogen-bond donors (Lipinski definition) is 1. The van der Waals surface area contributed by atoms with Gasteiger partial charge in [-0.3, -0.25) is 9.59 Å². The Morgan fingerprint density at radius 3 is 1.98 bits per heavy atom. The van der Waals surface area contributed by atoms with Crippen LogP contribution in [0.25, 0.3) is 0 Å². The number of epoxide rings is 1. The summed E-state index contributed by atoms with van der Waals surface area (Å²) in [7, 11) is 0. The van der Waals surface area contributed by atoms with Gasteiger partial charge in [-0.15, -0.1) is 0 Å². The van der Waals surface area contributed by atoms with Crippen LogP contribution < -0.4 is 0 Å². The number of allylic oxidation sites excluding steroid dienone is 5. The van der Waals surface area contributed by atoms with E-state index in [0.717, 1.165) is 50.9 Å². The topological polar surface area (TPSA) is 85.4 Å². The summed E-state index contributed by atoms with van der Waals surface area (Å²) in [5.41, 5.74) is 0. The molecule has 0 aromatic carbocycles. The summed E-state index contributed by atoms with van der Waals surface area (Å²) >= 11 is 0. The molecular formula is C35H60O6. The van der Waals surface area contributed by atoms with Crippen molar-refractivity contribution in [3.05, 3.63) is 36.5 Å². The highest BCUT2D eigenvalue weighted by Gasteiger charge is 2.36. The van der Waals surface area contributed by atoms with Crippen molar-refractivity contribution < 1.29 is 28.9 Å². The molecule has 6 nitrogen and oxygen atoms in total. The van der Waals surface area contributed by atoms with Crippen molar-refractivity contribution in [1.82, 2.24) is 0 Å².